The van der Waals surface area contributed by atoms with Gasteiger partial charge in [0.25, 0.3) is 5.95 Å². The number of benzene rings is 2. The molecule has 3 aromatic rings. The van der Waals surface area contributed by atoms with Crippen molar-refractivity contribution >= 4 is 17.5 Å². The van der Waals surface area contributed by atoms with Crippen LogP contribution in [0.3, 0.4) is 0 Å². The minimum absolute atomic E-state index is 0.592. The highest BCUT2D eigenvalue weighted by atomic mass is 16.5. The van der Waals surface area contributed by atoms with E-state index in [0.29, 0.717) is 29.8 Å². The van der Waals surface area contributed by atoms with Crippen LogP contribution in [0.5, 0.6) is 11.5 Å². The van der Waals surface area contributed by atoms with Crippen molar-refractivity contribution in [3.05, 3.63) is 59.8 Å². The Balaban J connectivity index is 1.49. The Bertz CT molecular complexity index is 947. The fourth-order valence-electron chi connectivity index (χ4n) is 3.22. The molecule has 7 nitrogen and oxygen atoms in total. The molecule has 1 aliphatic rings. The number of anilines is 3. The van der Waals surface area contributed by atoms with E-state index in [1.54, 1.807) is 20.4 Å². The van der Waals surface area contributed by atoms with Gasteiger partial charge in [0, 0.05) is 18.8 Å². The van der Waals surface area contributed by atoms with E-state index in [-0.39, 0.29) is 0 Å². The van der Waals surface area contributed by atoms with Crippen molar-refractivity contribution in [1.82, 2.24) is 15.2 Å². The van der Waals surface area contributed by atoms with Gasteiger partial charge in [0.2, 0.25) is 0 Å². The molecule has 0 saturated heterocycles. The number of rotatable bonds is 6. The monoisotopic (exact) mass is 363 g/mol. The lowest BCUT2D eigenvalue weighted by atomic mass is 10.2. The number of methoxy groups -OCH3 is 2. The van der Waals surface area contributed by atoms with Crippen LogP contribution in [0.4, 0.5) is 17.5 Å². The first-order valence-electron chi connectivity index (χ1n) is 8.78. The molecule has 0 amide bonds. The van der Waals surface area contributed by atoms with Gasteiger partial charge in [0.15, 0.2) is 17.3 Å². The quantitative estimate of drug-likeness (QED) is 0.721. The van der Waals surface area contributed by atoms with Crippen LogP contribution in [0.2, 0.25) is 0 Å². The number of ether oxygens (including phenoxy) is 2. The van der Waals surface area contributed by atoms with E-state index in [1.165, 1.54) is 5.56 Å². The minimum atomic E-state index is 0.592. The van der Waals surface area contributed by atoms with Crippen molar-refractivity contribution in [2.45, 2.75) is 13.0 Å². The lowest BCUT2D eigenvalue weighted by Gasteiger charge is -2.17. The standard InChI is InChI=1S/C20H21N5O2/c1-26-17-8-7-14(11-18(17)27-2)12-21-19-13-22-24-20(23-19)25-10-9-15-5-3-4-6-16(15)25/h3-8,11,13H,9-10,12H2,1-2H3,(H,21,23,24). The van der Waals surface area contributed by atoms with E-state index in [1.807, 2.05) is 24.3 Å². The van der Waals surface area contributed by atoms with E-state index in [0.717, 1.165) is 24.2 Å². The average molecular weight is 363 g/mol. The molecule has 0 spiro atoms. The Kier molecular flexibility index (Phi) is 4.74. The highest BCUT2D eigenvalue weighted by Crippen LogP contribution is 2.32. The van der Waals surface area contributed by atoms with Gasteiger partial charge in [-0.2, -0.15) is 10.1 Å². The lowest BCUT2D eigenvalue weighted by Crippen LogP contribution is -2.17. The van der Waals surface area contributed by atoms with Crippen molar-refractivity contribution < 1.29 is 9.47 Å². The van der Waals surface area contributed by atoms with Gasteiger partial charge in [0.1, 0.15) is 0 Å². The largest absolute Gasteiger partial charge is 0.493 e. The highest BCUT2D eigenvalue weighted by molar-refractivity contribution is 5.65. The van der Waals surface area contributed by atoms with E-state index in [9.17, 15) is 0 Å². The second kappa shape index (κ2) is 7.49. The van der Waals surface area contributed by atoms with Crippen LogP contribution in [0.1, 0.15) is 11.1 Å². The molecule has 4 rings (SSSR count). The molecular weight excluding hydrogens is 342 g/mol. The Hall–Kier alpha value is -3.35. The van der Waals surface area contributed by atoms with Gasteiger partial charge in [-0.25, -0.2) is 0 Å². The molecule has 0 unspecified atom stereocenters. The van der Waals surface area contributed by atoms with E-state index < -0.39 is 0 Å². The zero-order valence-electron chi connectivity index (χ0n) is 15.3. The molecular formula is C20H21N5O2. The Morgan fingerprint density at radius 2 is 1.93 bits per heavy atom. The number of aromatic nitrogens is 3. The second-order valence-electron chi connectivity index (χ2n) is 6.21. The Morgan fingerprint density at radius 1 is 1.07 bits per heavy atom. The number of nitrogens with one attached hydrogen (secondary N) is 1. The van der Waals surface area contributed by atoms with Crippen LogP contribution in [0, 0.1) is 0 Å². The van der Waals surface area contributed by atoms with Crippen molar-refractivity contribution in [1.29, 1.82) is 0 Å². The minimum Gasteiger partial charge on any atom is -0.493 e. The summed E-state index contributed by atoms with van der Waals surface area (Å²) in [5.41, 5.74) is 3.51. The van der Waals surface area contributed by atoms with Crippen molar-refractivity contribution in [3.8, 4) is 11.5 Å². The summed E-state index contributed by atoms with van der Waals surface area (Å²) in [5.74, 6) is 2.70. The van der Waals surface area contributed by atoms with Gasteiger partial charge in [0.05, 0.1) is 20.4 Å². The number of nitrogens with zero attached hydrogens (tertiary/aromatic N) is 4. The first-order valence-corrected chi connectivity index (χ1v) is 8.78. The molecule has 2 aromatic carbocycles. The molecule has 7 heteroatoms. The van der Waals surface area contributed by atoms with Crippen molar-refractivity contribution in [2.75, 3.05) is 31.0 Å². The molecule has 1 N–H and O–H groups in total. The highest BCUT2D eigenvalue weighted by Gasteiger charge is 2.22. The van der Waals surface area contributed by atoms with Crippen LogP contribution in [-0.4, -0.2) is 35.9 Å². The zero-order valence-corrected chi connectivity index (χ0v) is 15.3. The molecule has 0 aliphatic carbocycles. The summed E-state index contributed by atoms with van der Waals surface area (Å²) in [5, 5.41) is 11.6. The molecule has 0 saturated carbocycles. The van der Waals surface area contributed by atoms with Crippen molar-refractivity contribution in [3.63, 3.8) is 0 Å². The lowest BCUT2D eigenvalue weighted by molar-refractivity contribution is 0.354. The first kappa shape index (κ1) is 17.1. The van der Waals surface area contributed by atoms with E-state index >= 15 is 0 Å². The molecule has 1 aliphatic heterocycles. The molecule has 0 atom stereocenters. The first-order chi connectivity index (χ1) is 13.3. The fraction of sp³-hybridized carbons (Fsp3) is 0.250. The number of para-hydroxylation sites is 1. The SMILES string of the molecule is COc1ccc(CNc2cnnc(N3CCc4ccccc43)n2)cc1OC. The predicted octanol–water partition coefficient (Wildman–Crippen LogP) is 3.20. The number of hydrogen-bond acceptors (Lipinski definition) is 7. The summed E-state index contributed by atoms with van der Waals surface area (Å²) >= 11 is 0. The van der Waals surface area contributed by atoms with Crippen LogP contribution < -0.4 is 19.7 Å². The number of fused-ring (bicyclic) bond motifs is 1. The molecule has 138 valence electrons. The summed E-state index contributed by atoms with van der Waals surface area (Å²) in [6, 6.07) is 14.1. The zero-order chi connectivity index (χ0) is 18.6. The van der Waals surface area contributed by atoms with Crippen LogP contribution in [-0.2, 0) is 13.0 Å². The average Bonchev–Trinajstić information content (AvgIpc) is 3.16. The summed E-state index contributed by atoms with van der Waals surface area (Å²) in [4.78, 5) is 6.73. The van der Waals surface area contributed by atoms with E-state index in [4.69, 9.17) is 9.47 Å². The molecule has 1 aromatic heterocycles. The summed E-state index contributed by atoms with van der Waals surface area (Å²) in [6.07, 6.45) is 2.62. The van der Waals surface area contributed by atoms with E-state index in [2.05, 4.69) is 43.6 Å². The molecule has 0 fully saturated rings. The maximum absolute atomic E-state index is 5.35. The maximum Gasteiger partial charge on any atom is 0.251 e. The molecule has 2 heterocycles. The Morgan fingerprint density at radius 3 is 2.78 bits per heavy atom. The van der Waals surface area contributed by atoms with Crippen LogP contribution in [0.25, 0.3) is 0 Å². The normalized spacial score (nSPS) is 12.6. The van der Waals surface area contributed by atoms with Crippen molar-refractivity contribution in [2.24, 2.45) is 0 Å². The van der Waals surface area contributed by atoms with Gasteiger partial charge in [-0.3, -0.25) is 0 Å². The predicted molar refractivity (Wildman–Crippen MR) is 104 cm³/mol. The molecule has 0 radical (unpaired) electrons. The smallest absolute Gasteiger partial charge is 0.251 e. The third-order valence-corrected chi connectivity index (χ3v) is 4.60. The van der Waals surface area contributed by atoms with Gasteiger partial charge >= 0.3 is 0 Å². The van der Waals surface area contributed by atoms with Gasteiger partial charge in [-0.1, -0.05) is 24.3 Å². The summed E-state index contributed by atoms with van der Waals surface area (Å²) in [6.45, 7) is 1.45. The van der Waals surface area contributed by atoms with Gasteiger partial charge in [-0.15, -0.1) is 5.10 Å². The van der Waals surface area contributed by atoms with Gasteiger partial charge < -0.3 is 19.7 Å². The summed E-state index contributed by atoms with van der Waals surface area (Å²) < 4.78 is 10.6. The third-order valence-electron chi connectivity index (χ3n) is 4.60. The molecule has 0 bridgehead atoms. The Labute approximate surface area is 158 Å². The fourth-order valence-corrected chi connectivity index (χ4v) is 3.22. The maximum atomic E-state index is 5.35. The van der Waals surface area contributed by atoms with Crippen LogP contribution in [0.15, 0.2) is 48.7 Å². The van der Waals surface area contributed by atoms with Gasteiger partial charge in [-0.05, 0) is 35.7 Å². The topological polar surface area (TPSA) is 72.4 Å². The molecule has 27 heavy (non-hydrogen) atoms. The van der Waals surface area contributed by atoms with Crippen LogP contribution >= 0.6 is 0 Å². The number of hydrogen-bond donors (Lipinski definition) is 1. The second-order valence-corrected chi connectivity index (χ2v) is 6.21. The third kappa shape index (κ3) is 3.48. The summed E-state index contributed by atoms with van der Waals surface area (Å²) in [7, 11) is 3.25.